The van der Waals surface area contributed by atoms with Gasteiger partial charge in [-0.2, -0.15) is 0 Å². The van der Waals surface area contributed by atoms with Crippen LogP contribution in [-0.4, -0.2) is 21.3 Å². The molecule has 1 aromatic rings. The van der Waals surface area contributed by atoms with Gasteiger partial charge in [-0.25, -0.2) is 0 Å². The molecule has 1 atom stereocenters. The molecule has 0 aromatic carbocycles. The Labute approximate surface area is 111 Å². The van der Waals surface area contributed by atoms with E-state index in [0.29, 0.717) is 12.0 Å². The monoisotopic (exact) mass is 252 g/mol. The maximum absolute atomic E-state index is 4.21. The Kier molecular flexibility index (Phi) is 6.33. The van der Waals surface area contributed by atoms with Crippen molar-refractivity contribution < 1.29 is 0 Å². The van der Waals surface area contributed by atoms with Gasteiger partial charge in [0.2, 0.25) is 0 Å². The van der Waals surface area contributed by atoms with Gasteiger partial charge in [-0.1, -0.05) is 40.5 Å². The number of aromatic nitrogens is 3. The zero-order chi connectivity index (χ0) is 13.5. The van der Waals surface area contributed by atoms with Crippen LogP contribution >= 0.6 is 0 Å². The average molecular weight is 252 g/mol. The van der Waals surface area contributed by atoms with Crippen molar-refractivity contribution in [2.75, 3.05) is 6.54 Å². The number of unbranched alkanes of at least 4 members (excludes halogenated alkanes) is 1. The highest BCUT2D eigenvalue weighted by Crippen LogP contribution is 2.19. The van der Waals surface area contributed by atoms with Crippen molar-refractivity contribution in [3.8, 4) is 0 Å². The van der Waals surface area contributed by atoms with Crippen molar-refractivity contribution in [2.24, 2.45) is 18.9 Å². The smallest absolute Gasteiger partial charge is 0.149 e. The largest absolute Gasteiger partial charge is 0.319 e. The number of nitrogens with one attached hydrogen (secondary N) is 1. The summed E-state index contributed by atoms with van der Waals surface area (Å²) >= 11 is 0. The third-order valence-corrected chi connectivity index (χ3v) is 3.26. The zero-order valence-corrected chi connectivity index (χ0v) is 12.5. The van der Waals surface area contributed by atoms with E-state index in [-0.39, 0.29) is 0 Å². The quantitative estimate of drug-likeness (QED) is 0.723. The van der Waals surface area contributed by atoms with Crippen LogP contribution in [0.5, 0.6) is 0 Å². The summed E-state index contributed by atoms with van der Waals surface area (Å²) in [5.74, 6) is 2.37. The van der Waals surface area contributed by atoms with E-state index in [9.17, 15) is 0 Å². The van der Waals surface area contributed by atoms with E-state index in [2.05, 4.69) is 43.2 Å². The van der Waals surface area contributed by atoms with Crippen LogP contribution in [0.15, 0.2) is 6.33 Å². The molecule has 0 aliphatic carbocycles. The fraction of sp³-hybridized carbons (Fsp3) is 0.857. The van der Waals surface area contributed by atoms with Gasteiger partial charge in [0.05, 0.1) is 6.04 Å². The van der Waals surface area contributed by atoms with Crippen LogP contribution in [0.1, 0.15) is 58.8 Å². The molecule has 0 amide bonds. The summed E-state index contributed by atoms with van der Waals surface area (Å²) in [6, 6.07) is 0.302. The van der Waals surface area contributed by atoms with Crippen LogP contribution in [0.2, 0.25) is 0 Å². The van der Waals surface area contributed by atoms with Crippen LogP contribution < -0.4 is 5.32 Å². The Morgan fingerprint density at radius 3 is 2.44 bits per heavy atom. The minimum atomic E-state index is 0.302. The summed E-state index contributed by atoms with van der Waals surface area (Å²) in [6.45, 7) is 10.1. The molecule has 4 heteroatoms. The summed E-state index contributed by atoms with van der Waals surface area (Å²) in [6.07, 6.45) is 5.62. The number of hydrogen-bond acceptors (Lipinski definition) is 3. The molecule has 18 heavy (non-hydrogen) atoms. The summed E-state index contributed by atoms with van der Waals surface area (Å²) in [5.41, 5.74) is 0. The highest BCUT2D eigenvalue weighted by molar-refractivity contribution is 4.95. The van der Waals surface area contributed by atoms with Gasteiger partial charge in [-0.05, 0) is 24.8 Å². The second kappa shape index (κ2) is 7.52. The van der Waals surface area contributed by atoms with Gasteiger partial charge >= 0.3 is 0 Å². The van der Waals surface area contributed by atoms with Crippen molar-refractivity contribution in [2.45, 2.75) is 53.0 Å². The van der Waals surface area contributed by atoms with Gasteiger partial charge in [-0.15, -0.1) is 10.2 Å². The molecule has 0 spiro atoms. The second-order valence-electron chi connectivity index (χ2n) is 5.87. The molecule has 0 bridgehead atoms. The molecule has 0 saturated carbocycles. The Morgan fingerprint density at radius 1 is 1.22 bits per heavy atom. The summed E-state index contributed by atoms with van der Waals surface area (Å²) in [5, 5.41) is 11.8. The first-order valence-corrected chi connectivity index (χ1v) is 7.09. The van der Waals surface area contributed by atoms with E-state index >= 15 is 0 Å². The maximum atomic E-state index is 4.21. The van der Waals surface area contributed by atoms with Crippen LogP contribution in [0, 0.1) is 11.8 Å². The number of aryl methyl sites for hydroxylation is 1. The van der Waals surface area contributed by atoms with E-state index in [1.807, 2.05) is 11.6 Å². The molecule has 1 N–H and O–H groups in total. The SMILES string of the molecule is CC(C)CCCCNC(c1nncn1C)C(C)C. The Hall–Kier alpha value is -0.900. The number of rotatable bonds is 8. The summed E-state index contributed by atoms with van der Waals surface area (Å²) < 4.78 is 2.01. The van der Waals surface area contributed by atoms with Crippen LogP contribution in [0.3, 0.4) is 0 Å². The predicted molar refractivity (Wildman–Crippen MR) is 75.3 cm³/mol. The lowest BCUT2D eigenvalue weighted by atomic mass is 10.0. The molecular formula is C14H28N4. The fourth-order valence-electron chi connectivity index (χ4n) is 2.13. The van der Waals surface area contributed by atoms with E-state index in [0.717, 1.165) is 18.3 Å². The summed E-state index contributed by atoms with van der Waals surface area (Å²) in [4.78, 5) is 0. The highest BCUT2D eigenvalue weighted by Gasteiger charge is 2.19. The molecule has 1 heterocycles. The van der Waals surface area contributed by atoms with Crippen LogP contribution in [0.25, 0.3) is 0 Å². The van der Waals surface area contributed by atoms with Gasteiger partial charge < -0.3 is 9.88 Å². The van der Waals surface area contributed by atoms with Crippen LogP contribution in [-0.2, 0) is 7.05 Å². The van der Waals surface area contributed by atoms with Gasteiger partial charge in [0.1, 0.15) is 12.2 Å². The van der Waals surface area contributed by atoms with Crippen LogP contribution in [0.4, 0.5) is 0 Å². The molecule has 0 aliphatic rings. The molecule has 0 saturated heterocycles. The van der Waals surface area contributed by atoms with Gasteiger partial charge in [0.15, 0.2) is 0 Å². The Balaban J connectivity index is 2.38. The van der Waals surface area contributed by atoms with Crippen molar-refractivity contribution in [3.63, 3.8) is 0 Å². The minimum absolute atomic E-state index is 0.302. The van der Waals surface area contributed by atoms with Crippen molar-refractivity contribution in [1.29, 1.82) is 0 Å². The summed E-state index contributed by atoms with van der Waals surface area (Å²) in [7, 11) is 2.01. The second-order valence-corrected chi connectivity index (χ2v) is 5.87. The molecule has 104 valence electrons. The third-order valence-electron chi connectivity index (χ3n) is 3.26. The normalized spacial score (nSPS) is 13.5. The maximum Gasteiger partial charge on any atom is 0.149 e. The van der Waals surface area contributed by atoms with Gasteiger partial charge in [-0.3, -0.25) is 0 Å². The lowest BCUT2D eigenvalue weighted by Crippen LogP contribution is -2.29. The van der Waals surface area contributed by atoms with Crippen molar-refractivity contribution in [1.82, 2.24) is 20.1 Å². The first kappa shape index (κ1) is 15.2. The first-order chi connectivity index (χ1) is 8.52. The first-order valence-electron chi connectivity index (χ1n) is 7.09. The fourth-order valence-corrected chi connectivity index (χ4v) is 2.13. The predicted octanol–water partition coefficient (Wildman–Crippen LogP) is 2.93. The number of nitrogens with zero attached hydrogens (tertiary/aromatic N) is 3. The molecule has 1 aromatic heterocycles. The lowest BCUT2D eigenvalue weighted by Gasteiger charge is -2.21. The molecule has 4 nitrogen and oxygen atoms in total. The molecule has 1 rings (SSSR count). The Bertz CT molecular complexity index is 330. The van der Waals surface area contributed by atoms with E-state index in [4.69, 9.17) is 0 Å². The molecule has 0 aliphatic heterocycles. The standard InChI is InChI=1S/C14H28N4/c1-11(2)8-6-7-9-15-13(12(3)4)14-17-16-10-18(14)5/h10-13,15H,6-9H2,1-5H3. The molecular weight excluding hydrogens is 224 g/mol. The topological polar surface area (TPSA) is 42.7 Å². The molecule has 0 radical (unpaired) electrons. The van der Waals surface area contributed by atoms with E-state index < -0.39 is 0 Å². The minimum Gasteiger partial charge on any atom is -0.319 e. The van der Waals surface area contributed by atoms with Crippen molar-refractivity contribution >= 4 is 0 Å². The van der Waals surface area contributed by atoms with Crippen molar-refractivity contribution in [3.05, 3.63) is 12.2 Å². The third kappa shape index (κ3) is 4.77. The number of hydrogen-bond donors (Lipinski definition) is 1. The molecule has 1 unspecified atom stereocenters. The van der Waals surface area contributed by atoms with Gasteiger partial charge in [0, 0.05) is 7.05 Å². The Morgan fingerprint density at radius 2 is 1.94 bits per heavy atom. The zero-order valence-electron chi connectivity index (χ0n) is 12.5. The van der Waals surface area contributed by atoms with E-state index in [1.165, 1.54) is 19.3 Å². The van der Waals surface area contributed by atoms with Gasteiger partial charge in [0.25, 0.3) is 0 Å². The highest BCUT2D eigenvalue weighted by atomic mass is 15.3. The van der Waals surface area contributed by atoms with E-state index in [1.54, 1.807) is 6.33 Å². The molecule has 0 fully saturated rings. The average Bonchev–Trinajstić information content (AvgIpc) is 2.69. The lowest BCUT2D eigenvalue weighted by molar-refractivity contribution is 0.377.